The monoisotopic (exact) mass is 429 g/mol. The van der Waals surface area contributed by atoms with Crippen LogP contribution >= 0.6 is 0 Å². The molecule has 2 aromatic rings. The number of amides is 2. The maximum atomic E-state index is 13.5. The Bertz CT molecular complexity index is 1170. The molecule has 5 rings (SSSR count). The highest BCUT2D eigenvalue weighted by Gasteiger charge is 2.64. The van der Waals surface area contributed by atoms with Gasteiger partial charge in [-0.2, -0.15) is 5.10 Å². The summed E-state index contributed by atoms with van der Waals surface area (Å²) in [6.07, 6.45) is 5.08. The molecule has 0 N–H and O–H groups in total. The van der Waals surface area contributed by atoms with Crippen LogP contribution in [0.15, 0.2) is 71.9 Å². The van der Waals surface area contributed by atoms with Crippen molar-refractivity contribution in [2.75, 3.05) is 4.90 Å². The second-order valence-corrected chi connectivity index (χ2v) is 7.85. The number of imide groups is 1. The van der Waals surface area contributed by atoms with Crippen LogP contribution in [0, 0.1) is 11.8 Å². The molecule has 3 aliphatic rings. The molecule has 3 heterocycles. The molecule has 0 aliphatic carbocycles. The van der Waals surface area contributed by atoms with Gasteiger partial charge in [-0.25, -0.2) is 4.90 Å². The minimum absolute atomic E-state index is 0.317. The van der Waals surface area contributed by atoms with Gasteiger partial charge in [0.1, 0.15) is 11.8 Å². The Morgan fingerprint density at radius 3 is 2.31 bits per heavy atom. The molecule has 2 saturated heterocycles. The van der Waals surface area contributed by atoms with Crippen molar-refractivity contribution in [3.8, 4) is 5.75 Å². The summed E-state index contributed by atoms with van der Waals surface area (Å²) in [4.78, 5) is 52.7. The molecule has 2 aromatic carbocycles. The number of hydrogen-bond donors (Lipinski definition) is 0. The summed E-state index contributed by atoms with van der Waals surface area (Å²) in [6.45, 7) is 1.29. The Kier molecular flexibility index (Phi) is 4.70. The average molecular weight is 429 g/mol. The summed E-state index contributed by atoms with van der Waals surface area (Å²) in [5.74, 6) is -2.75. The summed E-state index contributed by atoms with van der Waals surface area (Å²) in [5, 5.41) is 5.90. The number of fused-ring (bicyclic) bond motifs is 3. The van der Waals surface area contributed by atoms with E-state index in [-0.39, 0.29) is 11.7 Å². The molecule has 160 valence electrons. The summed E-state index contributed by atoms with van der Waals surface area (Å²) < 4.78 is 5.03. The lowest BCUT2D eigenvalue weighted by Gasteiger charge is -2.30. The summed E-state index contributed by atoms with van der Waals surface area (Å²) >= 11 is 0. The maximum absolute atomic E-state index is 13.5. The van der Waals surface area contributed by atoms with Crippen molar-refractivity contribution < 1.29 is 23.9 Å². The molecule has 3 aliphatic heterocycles. The number of ketones is 1. The number of benzene rings is 2. The third kappa shape index (κ3) is 3.03. The van der Waals surface area contributed by atoms with E-state index >= 15 is 0 Å². The van der Waals surface area contributed by atoms with Crippen molar-refractivity contribution in [3.63, 3.8) is 0 Å². The predicted molar refractivity (Wildman–Crippen MR) is 115 cm³/mol. The molecule has 2 fully saturated rings. The first-order valence-electron chi connectivity index (χ1n) is 10.2. The molecular weight excluding hydrogens is 410 g/mol. The predicted octanol–water partition coefficient (Wildman–Crippen LogP) is 2.21. The largest absolute Gasteiger partial charge is 0.427 e. The molecule has 0 spiro atoms. The molecular formula is C24H19N3O5. The smallest absolute Gasteiger partial charge is 0.308 e. The average Bonchev–Trinajstić information content (AvgIpc) is 3.27. The van der Waals surface area contributed by atoms with Gasteiger partial charge in [-0.05, 0) is 42.5 Å². The highest BCUT2D eigenvalue weighted by Crippen LogP contribution is 2.46. The first kappa shape index (κ1) is 19.9. The van der Waals surface area contributed by atoms with E-state index in [4.69, 9.17) is 4.74 Å². The second kappa shape index (κ2) is 7.56. The zero-order valence-electron chi connectivity index (χ0n) is 17.1. The van der Waals surface area contributed by atoms with Crippen molar-refractivity contribution in [2.45, 2.75) is 19.0 Å². The second-order valence-electron chi connectivity index (χ2n) is 7.85. The van der Waals surface area contributed by atoms with E-state index in [0.29, 0.717) is 17.0 Å². The fourth-order valence-electron chi connectivity index (χ4n) is 4.69. The minimum Gasteiger partial charge on any atom is -0.427 e. The Morgan fingerprint density at radius 1 is 0.938 bits per heavy atom. The molecule has 0 saturated carbocycles. The fraction of sp³-hybridized carbons (Fsp3) is 0.208. The van der Waals surface area contributed by atoms with E-state index in [1.54, 1.807) is 59.8 Å². The van der Waals surface area contributed by atoms with Crippen LogP contribution in [0.4, 0.5) is 5.69 Å². The van der Waals surface area contributed by atoms with Crippen LogP contribution in [0.25, 0.3) is 0 Å². The number of para-hydroxylation sites is 1. The van der Waals surface area contributed by atoms with Gasteiger partial charge < -0.3 is 4.74 Å². The van der Waals surface area contributed by atoms with Crippen molar-refractivity contribution in [1.82, 2.24) is 5.01 Å². The minimum atomic E-state index is -0.920. The number of esters is 1. The normalized spacial score (nSPS) is 25.7. The number of carbonyl (C=O) groups is 4. The van der Waals surface area contributed by atoms with Gasteiger partial charge in [-0.3, -0.25) is 24.2 Å². The van der Waals surface area contributed by atoms with Crippen molar-refractivity contribution in [3.05, 3.63) is 72.3 Å². The van der Waals surface area contributed by atoms with Crippen LogP contribution in [0.3, 0.4) is 0 Å². The number of hydrogen-bond acceptors (Lipinski definition) is 7. The molecule has 0 radical (unpaired) electrons. The number of rotatable bonds is 4. The van der Waals surface area contributed by atoms with Gasteiger partial charge in [-0.15, -0.1) is 0 Å². The number of nitrogens with zero attached hydrogens (tertiary/aromatic N) is 3. The lowest BCUT2D eigenvalue weighted by molar-refractivity contribution is -0.132. The molecule has 0 bridgehead atoms. The fourth-order valence-corrected chi connectivity index (χ4v) is 4.69. The quantitative estimate of drug-likeness (QED) is 0.320. The van der Waals surface area contributed by atoms with Crippen LogP contribution in [0.2, 0.25) is 0 Å². The van der Waals surface area contributed by atoms with Crippen molar-refractivity contribution in [1.29, 1.82) is 0 Å². The Morgan fingerprint density at radius 2 is 1.62 bits per heavy atom. The Labute approximate surface area is 183 Å². The van der Waals surface area contributed by atoms with Gasteiger partial charge in [0, 0.05) is 18.7 Å². The summed E-state index contributed by atoms with van der Waals surface area (Å²) in [6, 6.07) is 13.5. The van der Waals surface area contributed by atoms with E-state index < -0.39 is 35.8 Å². The topological polar surface area (TPSA) is 96.3 Å². The van der Waals surface area contributed by atoms with E-state index in [9.17, 15) is 19.2 Å². The van der Waals surface area contributed by atoms with Gasteiger partial charge in [0.25, 0.3) is 0 Å². The lowest BCUT2D eigenvalue weighted by atomic mass is 9.86. The van der Waals surface area contributed by atoms with Crippen LogP contribution < -0.4 is 9.64 Å². The van der Waals surface area contributed by atoms with E-state index in [1.807, 2.05) is 6.07 Å². The summed E-state index contributed by atoms with van der Waals surface area (Å²) in [7, 11) is 0. The third-order valence-electron chi connectivity index (χ3n) is 5.97. The van der Waals surface area contributed by atoms with E-state index in [0.717, 1.165) is 0 Å². The SMILES string of the molecule is CC(=O)Oc1ccc(C(=O)[C@@H]2[C@@H]3C(=O)N(c4ccccc4)C(=O)[C@@H]3[C@H]3C=CC=NN32)cc1. The molecule has 0 unspecified atom stereocenters. The van der Waals surface area contributed by atoms with Crippen molar-refractivity contribution in [2.24, 2.45) is 16.9 Å². The number of Topliss-reactive ketones (excluding diaryl/α,β-unsaturated/α-hetero) is 1. The number of anilines is 1. The van der Waals surface area contributed by atoms with Crippen LogP contribution in [0.1, 0.15) is 17.3 Å². The van der Waals surface area contributed by atoms with E-state index in [1.165, 1.54) is 24.0 Å². The molecule has 0 aromatic heterocycles. The molecule has 32 heavy (non-hydrogen) atoms. The molecule has 4 atom stereocenters. The standard InChI is InChI=1S/C24H19N3O5/c1-14(28)32-17-11-9-15(10-12-17)22(29)21-20-19(18-8-5-13-25-27(18)21)23(30)26(24(20)31)16-6-3-2-4-7-16/h2-13,18-21H,1H3/t18-,19-,20-,21+/m1/s1. The van der Waals surface area contributed by atoms with Crippen LogP contribution in [0.5, 0.6) is 5.75 Å². The number of hydrazone groups is 1. The number of allylic oxidation sites excluding steroid dienone is 1. The molecule has 8 heteroatoms. The van der Waals surface area contributed by atoms with Crippen LogP contribution in [-0.2, 0) is 14.4 Å². The number of carbonyl (C=O) groups excluding carboxylic acids is 4. The van der Waals surface area contributed by atoms with Gasteiger partial charge in [-0.1, -0.05) is 24.3 Å². The van der Waals surface area contributed by atoms with Gasteiger partial charge in [0.2, 0.25) is 11.8 Å². The van der Waals surface area contributed by atoms with Gasteiger partial charge in [0.05, 0.1) is 23.6 Å². The molecule has 2 amide bonds. The highest BCUT2D eigenvalue weighted by molar-refractivity contribution is 6.24. The highest BCUT2D eigenvalue weighted by atomic mass is 16.5. The zero-order valence-corrected chi connectivity index (χ0v) is 17.1. The first-order chi connectivity index (χ1) is 15.5. The first-order valence-corrected chi connectivity index (χ1v) is 10.2. The lowest BCUT2D eigenvalue weighted by Crippen LogP contribution is -2.46. The summed E-state index contributed by atoms with van der Waals surface area (Å²) in [5.41, 5.74) is 0.831. The number of ether oxygens (including phenoxy) is 1. The van der Waals surface area contributed by atoms with Gasteiger partial charge >= 0.3 is 5.97 Å². The Hall–Kier alpha value is -4.07. The third-order valence-corrected chi connectivity index (χ3v) is 5.97. The maximum Gasteiger partial charge on any atom is 0.308 e. The van der Waals surface area contributed by atoms with E-state index in [2.05, 4.69) is 5.10 Å². The van der Waals surface area contributed by atoms with Crippen molar-refractivity contribution >= 4 is 35.5 Å². The Balaban J connectivity index is 1.52. The van der Waals surface area contributed by atoms with Crippen LogP contribution in [-0.4, -0.2) is 46.9 Å². The van der Waals surface area contributed by atoms with Gasteiger partial charge in [0.15, 0.2) is 5.78 Å². The zero-order chi connectivity index (χ0) is 22.4. The molecule has 8 nitrogen and oxygen atoms in total.